The SMILES string of the molecule is CCOC(=Cc1ccc2ccccc2c1)c1ccc(OC)cc1. The van der Waals surface area contributed by atoms with E-state index in [4.69, 9.17) is 9.47 Å². The first-order valence-electron chi connectivity index (χ1n) is 7.78. The molecule has 0 bridgehead atoms. The molecule has 0 aliphatic heterocycles. The first kappa shape index (κ1) is 15.2. The molecule has 0 amide bonds. The molecule has 116 valence electrons. The van der Waals surface area contributed by atoms with E-state index in [2.05, 4.69) is 48.5 Å². The lowest BCUT2D eigenvalue weighted by Crippen LogP contribution is -1.92. The van der Waals surface area contributed by atoms with Gasteiger partial charge in [-0.1, -0.05) is 36.4 Å². The van der Waals surface area contributed by atoms with Crippen LogP contribution in [0.2, 0.25) is 0 Å². The fourth-order valence-corrected chi connectivity index (χ4v) is 2.57. The Morgan fingerprint density at radius 2 is 1.65 bits per heavy atom. The maximum Gasteiger partial charge on any atom is 0.127 e. The molecule has 0 saturated carbocycles. The van der Waals surface area contributed by atoms with Crippen LogP contribution in [0.3, 0.4) is 0 Å². The number of ether oxygens (including phenoxy) is 2. The van der Waals surface area contributed by atoms with Crippen molar-refractivity contribution in [3.63, 3.8) is 0 Å². The van der Waals surface area contributed by atoms with Gasteiger partial charge in [0, 0.05) is 5.56 Å². The zero-order valence-electron chi connectivity index (χ0n) is 13.5. The Hall–Kier alpha value is -2.74. The molecule has 0 atom stereocenters. The topological polar surface area (TPSA) is 18.5 Å². The number of fused-ring (bicyclic) bond motifs is 1. The molecule has 0 aliphatic carbocycles. The van der Waals surface area contributed by atoms with Crippen LogP contribution >= 0.6 is 0 Å². The Kier molecular flexibility index (Phi) is 4.62. The van der Waals surface area contributed by atoms with Gasteiger partial charge in [0.15, 0.2) is 0 Å². The number of hydrogen-bond acceptors (Lipinski definition) is 2. The van der Waals surface area contributed by atoms with Crippen molar-refractivity contribution >= 4 is 22.6 Å². The predicted molar refractivity (Wildman–Crippen MR) is 96.4 cm³/mol. The van der Waals surface area contributed by atoms with E-state index < -0.39 is 0 Å². The van der Waals surface area contributed by atoms with E-state index in [0.29, 0.717) is 6.61 Å². The molecule has 0 fully saturated rings. The van der Waals surface area contributed by atoms with Crippen molar-refractivity contribution in [2.75, 3.05) is 13.7 Å². The molecular formula is C21H20O2. The molecule has 0 N–H and O–H groups in total. The summed E-state index contributed by atoms with van der Waals surface area (Å²) in [5, 5.41) is 2.47. The molecule has 2 nitrogen and oxygen atoms in total. The highest BCUT2D eigenvalue weighted by atomic mass is 16.5. The monoisotopic (exact) mass is 304 g/mol. The van der Waals surface area contributed by atoms with Crippen LogP contribution in [0.5, 0.6) is 5.75 Å². The smallest absolute Gasteiger partial charge is 0.127 e. The van der Waals surface area contributed by atoms with Crippen LogP contribution in [0.4, 0.5) is 0 Å². The molecule has 0 aromatic heterocycles. The Morgan fingerprint density at radius 1 is 0.913 bits per heavy atom. The van der Waals surface area contributed by atoms with E-state index >= 15 is 0 Å². The standard InChI is InChI=1S/C21H20O2/c1-3-23-21(18-10-12-20(22-2)13-11-18)15-16-8-9-17-6-4-5-7-19(17)14-16/h4-15H,3H2,1-2H3. The maximum absolute atomic E-state index is 5.84. The van der Waals surface area contributed by atoms with Crippen LogP contribution in [-0.2, 0) is 4.74 Å². The van der Waals surface area contributed by atoms with E-state index in [1.807, 2.05) is 31.2 Å². The molecule has 0 heterocycles. The molecule has 0 unspecified atom stereocenters. The van der Waals surface area contributed by atoms with Crippen molar-refractivity contribution in [2.45, 2.75) is 6.92 Å². The summed E-state index contributed by atoms with van der Waals surface area (Å²) in [6.07, 6.45) is 2.08. The minimum absolute atomic E-state index is 0.630. The van der Waals surface area contributed by atoms with Gasteiger partial charge in [-0.25, -0.2) is 0 Å². The van der Waals surface area contributed by atoms with E-state index in [1.165, 1.54) is 10.8 Å². The first-order valence-corrected chi connectivity index (χ1v) is 7.78. The summed E-state index contributed by atoms with van der Waals surface area (Å²) in [6.45, 7) is 2.63. The van der Waals surface area contributed by atoms with Gasteiger partial charge in [0.1, 0.15) is 11.5 Å². The molecule has 2 heteroatoms. The van der Waals surface area contributed by atoms with E-state index in [0.717, 1.165) is 22.6 Å². The van der Waals surface area contributed by atoms with Crippen molar-refractivity contribution in [3.05, 3.63) is 77.9 Å². The number of rotatable bonds is 5. The Balaban J connectivity index is 1.98. The van der Waals surface area contributed by atoms with Crippen LogP contribution in [0, 0.1) is 0 Å². The number of methoxy groups -OCH3 is 1. The average molecular weight is 304 g/mol. The van der Waals surface area contributed by atoms with E-state index in [1.54, 1.807) is 7.11 Å². The van der Waals surface area contributed by atoms with Crippen molar-refractivity contribution in [2.24, 2.45) is 0 Å². The minimum atomic E-state index is 0.630. The highest BCUT2D eigenvalue weighted by Crippen LogP contribution is 2.24. The second-order valence-electron chi connectivity index (χ2n) is 5.28. The Bertz CT molecular complexity index is 817. The van der Waals surface area contributed by atoms with Gasteiger partial charge in [0.25, 0.3) is 0 Å². The van der Waals surface area contributed by atoms with Gasteiger partial charge in [0.2, 0.25) is 0 Å². The molecule has 0 saturated heterocycles. The molecular weight excluding hydrogens is 284 g/mol. The van der Waals surface area contributed by atoms with Gasteiger partial charge in [0.05, 0.1) is 13.7 Å². The molecule has 3 aromatic rings. The summed E-state index contributed by atoms with van der Waals surface area (Å²) in [5.41, 5.74) is 2.17. The van der Waals surface area contributed by atoms with E-state index in [-0.39, 0.29) is 0 Å². The predicted octanol–water partition coefficient (Wildman–Crippen LogP) is 5.38. The fraction of sp³-hybridized carbons (Fsp3) is 0.143. The summed E-state index contributed by atoms with van der Waals surface area (Å²) < 4.78 is 11.1. The highest BCUT2D eigenvalue weighted by molar-refractivity contribution is 5.87. The third-order valence-corrected chi connectivity index (χ3v) is 3.75. The lowest BCUT2D eigenvalue weighted by Gasteiger charge is -2.10. The van der Waals surface area contributed by atoms with Gasteiger partial charge in [-0.15, -0.1) is 0 Å². The minimum Gasteiger partial charge on any atom is -0.497 e. The van der Waals surface area contributed by atoms with Crippen molar-refractivity contribution < 1.29 is 9.47 Å². The van der Waals surface area contributed by atoms with Crippen LogP contribution in [-0.4, -0.2) is 13.7 Å². The lowest BCUT2D eigenvalue weighted by molar-refractivity contribution is 0.300. The Labute approximate surface area is 137 Å². The van der Waals surface area contributed by atoms with Crippen LogP contribution in [0.15, 0.2) is 66.7 Å². The summed E-state index contributed by atoms with van der Waals surface area (Å²) in [7, 11) is 1.67. The van der Waals surface area contributed by atoms with Crippen LogP contribution < -0.4 is 4.74 Å². The van der Waals surface area contributed by atoms with Gasteiger partial charge in [-0.05, 0) is 59.7 Å². The summed E-state index contributed by atoms with van der Waals surface area (Å²) in [4.78, 5) is 0. The highest BCUT2D eigenvalue weighted by Gasteiger charge is 2.04. The first-order chi connectivity index (χ1) is 11.3. The van der Waals surface area contributed by atoms with Gasteiger partial charge in [-0.2, -0.15) is 0 Å². The van der Waals surface area contributed by atoms with Crippen LogP contribution in [0.1, 0.15) is 18.1 Å². The summed E-state index contributed by atoms with van der Waals surface area (Å²) >= 11 is 0. The number of hydrogen-bond donors (Lipinski definition) is 0. The fourth-order valence-electron chi connectivity index (χ4n) is 2.57. The van der Waals surface area contributed by atoms with E-state index in [9.17, 15) is 0 Å². The van der Waals surface area contributed by atoms with Gasteiger partial charge < -0.3 is 9.47 Å². The zero-order chi connectivity index (χ0) is 16.1. The third kappa shape index (κ3) is 3.54. The van der Waals surface area contributed by atoms with Crippen molar-refractivity contribution in [1.82, 2.24) is 0 Å². The summed E-state index contributed by atoms with van der Waals surface area (Å²) in [5.74, 6) is 1.71. The number of benzene rings is 3. The van der Waals surface area contributed by atoms with Gasteiger partial charge >= 0.3 is 0 Å². The van der Waals surface area contributed by atoms with Crippen molar-refractivity contribution in [3.8, 4) is 5.75 Å². The molecule has 3 aromatic carbocycles. The normalized spacial score (nSPS) is 11.5. The lowest BCUT2D eigenvalue weighted by atomic mass is 10.1. The van der Waals surface area contributed by atoms with Crippen LogP contribution in [0.25, 0.3) is 22.6 Å². The zero-order valence-corrected chi connectivity index (χ0v) is 13.5. The maximum atomic E-state index is 5.84. The quantitative estimate of drug-likeness (QED) is 0.465. The summed E-state index contributed by atoms with van der Waals surface area (Å²) in [6, 6.07) is 22.7. The molecule has 3 rings (SSSR count). The average Bonchev–Trinajstić information content (AvgIpc) is 2.61. The molecule has 0 radical (unpaired) electrons. The second kappa shape index (κ2) is 7.01. The molecule has 0 spiro atoms. The molecule has 0 aliphatic rings. The Morgan fingerprint density at radius 3 is 2.35 bits per heavy atom. The van der Waals surface area contributed by atoms with Crippen molar-refractivity contribution in [1.29, 1.82) is 0 Å². The molecule has 23 heavy (non-hydrogen) atoms. The van der Waals surface area contributed by atoms with Gasteiger partial charge in [-0.3, -0.25) is 0 Å². The third-order valence-electron chi connectivity index (χ3n) is 3.75. The largest absolute Gasteiger partial charge is 0.497 e. The second-order valence-corrected chi connectivity index (χ2v) is 5.28.